The molecule has 7 nitrogen and oxygen atoms in total. The molecule has 136 valence electrons. The molecule has 2 heterocycles. The summed E-state index contributed by atoms with van der Waals surface area (Å²) in [5, 5.41) is 3.32. The first-order valence-corrected chi connectivity index (χ1v) is 8.77. The van der Waals surface area contributed by atoms with Crippen molar-refractivity contribution in [3.05, 3.63) is 58.4 Å². The van der Waals surface area contributed by atoms with E-state index in [2.05, 4.69) is 10.3 Å². The number of nitrogens with one attached hydrogen (secondary N) is 1. The average Bonchev–Trinajstić information content (AvgIpc) is 3.11. The van der Waals surface area contributed by atoms with Gasteiger partial charge in [0.05, 0.1) is 19.6 Å². The SMILES string of the molecule is COc1ccc(OC)c2sc(NC(=O)c3coc4ccccc4c3=O)nc12. The van der Waals surface area contributed by atoms with Crippen LogP contribution in [0.2, 0.25) is 0 Å². The van der Waals surface area contributed by atoms with Gasteiger partial charge in [0.1, 0.15) is 39.1 Å². The lowest BCUT2D eigenvalue weighted by atomic mass is 10.1. The van der Waals surface area contributed by atoms with Crippen LogP contribution in [0.25, 0.3) is 21.2 Å². The Morgan fingerprint density at radius 2 is 1.85 bits per heavy atom. The van der Waals surface area contributed by atoms with Crippen LogP contribution in [0, 0.1) is 0 Å². The number of ether oxygens (including phenoxy) is 2. The van der Waals surface area contributed by atoms with E-state index < -0.39 is 11.3 Å². The molecule has 0 fully saturated rings. The molecule has 0 spiro atoms. The molecule has 0 bridgehead atoms. The molecule has 0 aliphatic heterocycles. The van der Waals surface area contributed by atoms with Gasteiger partial charge in [-0.05, 0) is 24.3 Å². The third-order valence-electron chi connectivity index (χ3n) is 4.06. The van der Waals surface area contributed by atoms with Crippen LogP contribution in [-0.2, 0) is 0 Å². The summed E-state index contributed by atoms with van der Waals surface area (Å²) in [6.07, 6.45) is 1.16. The highest BCUT2D eigenvalue weighted by Gasteiger charge is 2.18. The number of aromatic nitrogens is 1. The van der Waals surface area contributed by atoms with E-state index in [1.165, 1.54) is 11.3 Å². The monoisotopic (exact) mass is 382 g/mol. The van der Waals surface area contributed by atoms with Crippen LogP contribution in [-0.4, -0.2) is 25.1 Å². The molecule has 8 heteroatoms. The summed E-state index contributed by atoms with van der Waals surface area (Å²) in [5.74, 6) is 0.591. The minimum atomic E-state index is -0.591. The van der Waals surface area contributed by atoms with Gasteiger partial charge in [-0.25, -0.2) is 4.98 Å². The molecule has 1 N–H and O–H groups in total. The van der Waals surface area contributed by atoms with Crippen LogP contribution < -0.4 is 20.2 Å². The van der Waals surface area contributed by atoms with E-state index in [0.717, 1.165) is 11.0 Å². The molecule has 2 aromatic heterocycles. The number of benzene rings is 2. The van der Waals surface area contributed by atoms with Gasteiger partial charge in [0.2, 0.25) is 5.43 Å². The van der Waals surface area contributed by atoms with Gasteiger partial charge in [0.25, 0.3) is 5.91 Å². The molecule has 0 aliphatic rings. The van der Waals surface area contributed by atoms with Gasteiger partial charge >= 0.3 is 0 Å². The first-order valence-electron chi connectivity index (χ1n) is 7.95. The van der Waals surface area contributed by atoms with E-state index in [9.17, 15) is 9.59 Å². The second kappa shape index (κ2) is 6.73. The quantitative estimate of drug-likeness (QED) is 0.579. The third kappa shape index (κ3) is 2.89. The zero-order chi connectivity index (χ0) is 19.0. The van der Waals surface area contributed by atoms with E-state index in [0.29, 0.717) is 33.1 Å². The first kappa shape index (κ1) is 17.0. The molecule has 4 rings (SSSR count). The van der Waals surface area contributed by atoms with Gasteiger partial charge in [0, 0.05) is 0 Å². The van der Waals surface area contributed by atoms with E-state index in [1.807, 2.05) is 0 Å². The molecule has 0 saturated heterocycles. The number of carbonyl (C=O) groups is 1. The van der Waals surface area contributed by atoms with Crippen LogP contribution in [0.4, 0.5) is 5.13 Å². The number of fused-ring (bicyclic) bond motifs is 2. The largest absolute Gasteiger partial charge is 0.495 e. The fourth-order valence-electron chi connectivity index (χ4n) is 2.74. The molecule has 0 saturated carbocycles. The lowest BCUT2D eigenvalue weighted by Gasteiger charge is -2.03. The number of hydrogen-bond donors (Lipinski definition) is 1. The fraction of sp³-hybridized carbons (Fsp3) is 0.105. The Labute approximate surface area is 157 Å². The molecular formula is C19H14N2O5S. The van der Waals surface area contributed by atoms with Gasteiger partial charge in [-0.15, -0.1) is 0 Å². The minimum Gasteiger partial charge on any atom is -0.495 e. The number of nitrogens with zero attached hydrogens (tertiary/aromatic N) is 1. The van der Waals surface area contributed by atoms with Gasteiger partial charge in [-0.2, -0.15) is 0 Å². The number of rotatable bonds is 4. The van der Waals surface area contributed by atoms with Crippen molar-refractivity contribution in [3.8, 4) is 11.5 Å². The van der Waals surface area contributed by atoms with Crippen molar-refractivity contribution in [1.82, 2.24) is 4.98 Å². The Morgan fingerprint density at radius 1 is 1.11 bits per heavy atom. The minimum absolute atomic E-state index is 0.0908. The lowest BCUT2D eigenvalue weighted by molar-refractivity contribution is 0.102. The molecule has 0 unspecified atom stereocenters. The van der Waals surface area contributed by atoms with Crippen LogP contribution in [0.5, 0.6) is 11.5 Å². The lowest BCUT2D eigenvalue weighted by Crippen LogP contribution is -2.21. The Hall–Kier alpha value is -3.39. The van der Waals surface area contributed by atoms with E-state index in [4.69, 9.17) is 13.9 Å². The van der Waals surface area contributed by atoms with Gasteiger partial charge in [-0.1, -0.05) is 23.5 Å². The maximum absolute atomic E-state index is 12.6. The Morgan fingerprint density at radius 3 is 2.63 bits per heavy atom. The number of thiazole rings is 1. The maximum Gasteiger partial charge on any atom is 0.264 e. The maximum atomic E-state index is 12.6. The van der Waals surface area contributed by atoms with Crippen molar-refractivity contribution in [2.75, 3.05) is 19.5 Å². The van der Waals surface area contributed by atoms with E-state index >= 15 is 0 Å². The van der Waals surface area contributed by atoms with Crippen molar-refractivity contribution >= 4 is 43.6 Å². The van der Waals surface area contributed by atoms with Crippen molar-refractivity contribution < 1.29 is 18.7 Å². The predicted octanol–water partition coefficient (Wildman–Crippen LogP) is 3.67. The molecule has 0 atom stereocenters. The molecule has 2 aromatic carbocycles. The number of para-hydroxylation sites is 1. The summed E-state index contributed by atoms with van der Waals surface area (Å²) in [4.78, 5) is 29.6. The number of anilines is 1. The summed E-state index contributed by atoms with van der Waals surface area (Å²) >= 11 is 1.23. The van der Waals surface area contributed by atoms with Crippen molar-refractivity contribution in [2.24, 2.45) is 0 Å². The second-order valence-electron chi connectivity index (χ2n) is 5.60. The van der Waals surface area contributed by atoms with Crippen molar-refractivity contribution in [1.29, 1.82) is 0 Å². The topological polar surface area (TPSA) is 90.7 Å². The normalized spacial score (nSPS) is 10.9. The Balaban J connectivity index is 1.73. The standard InChI is InChI=1S/C19H14N2O5S/c1-24-13-7-8-14(25-2)17-15(13)20-19(27-17)21-18(23)11-9-26-12-6-4-3-5-10(12)16(11)22/h3-9H,1-2H3,(H,20,21,23). The van der Waals surface area contributed by atoms with Crippen molar-refractivity contribution in [2.45, 2.75) is 0 Å². The van der Waals surface area contributed by atoms with Crippen molar-refractivity contribution in [3.63, 3.8) is 0 Å². The molecule has 1 amide bonds. The second-order valence-corrected chi connectivity index (χ2v) is 6.59. The van der Waals surface area contributed by atoms with Gasteiger partial charge in [0.15, 0.2) is 5.13 Å². The van der Waals surface area contributed by atoms with Crippen LogP contribution in [0.3, 0.4) is 0 Å². The summed E-state index contributed by atoms with van der Waals surface area (Å²) in [5.41, 5.74) is 0.508. The third-order valence-corrected chi connectivity index (χ3v) is 5.04. The van der Waals surface area contributed by atoms with E-state index in [-0.39, 0.29) is 5.56 Å². The molecule has 27 heavy (non-hydrogen) atoms. The summed E-state index contributed by atoms with van der Waals surface area (Å²) in [6, 6.07) is 10.3. The molecule has 0 radical (unpaired) electrons. The predicted molar refractivity (Wildman–Crippen MR) is 103 cm³/mol. The van der Waals surface area contributed by atoms with Gasteiger partial charge < -0.3 is 13.9 Å². The highest BCUT2D eigenvalue weighted by molar-refractivity contribution is 7.22. The number of methoxy groups -OCH3 is 2. The highest BCUT2D eigenvalue weighted by atomic mass is 32.1. The average molecular weight is 382 g/mol. The molecular weight excluding hydrogens is 368 g/mol. The summed E-state index contributed by atoms with van der Waals surface area (Å²) in [7, 11) is 3.10. The van der Waals surface area contributed by atoms with Crippen LogP contribution >= 0.6 is 11.3 Å². The molecule has 4 aromatic rings. The summed E-state index contributed by atoms with van der Waals surface area (Å²) < 4.78 is 16.8. The fourth-order valence-corrected chi connectivity index (χ4v) is 3.71. The Bertz CT molecular complexity index is 1190. The van der Waals surface area contributed by atoms with Crippen LogP contribution in [0.15, 0.2) is 51.9 Å². The zero-order valence-corrected chi connectivity index (χ0v) is 15.3. The smallest absolute Gasteiger partial charge is 0.264 e. The highest BCUT2D eigenvalue weighted by Crippen LogP contribution is 2.38. The number of carbonyl (C=O) groups excluding carboxylic acids is 1. The zero-order valence-electron chi connectivity index (χ0n) is 14.4. The Kier molecular flexibility index (Phi) is 4.25. The van der Waals surface area contributed by atoms with Gasteiger partial charge in [-0.3, -0.25) is 14.9 Å². The van der Waals surface area contributed by atoms with Crippen LogP contribution in [0.1, 0.15) is 10.4 Å². The van der Waals surface area contributed by atoms with E-state index in [1.54, 1.807) is 50.6 Å². The number of amides is 1. The summed E-state index contributed by atoms with van der Waals surface area (Å²) in [6.45, 7) is 0. The first-order chi connectivity index (χ1) is 13.1. The molecule has 0 aliphatic carbocycles. The number of hydrogen-bond acceptors (Lipinski definition) is 7.